The molecule has 5 nitrogen and oxygen atoms in total. The second-order valence-electron chi connectivity index (χ2n) is 6.02. The van der Waals surface area contributed by atoms with Crippen LogP contribution in [0.5, 0.6) is 0 Å². The highest BCUT2D eigenvalue weighted by Gasteiger charge is 2.29. The quantitative estimate of drug-likeness (QED) is 0.877. The van der Waals surface area contributed by atoms with E-state index in [1.165, 1.54) is 0 Å². The predicted molar refractivity (Wildman–Crippen MR) is 86.0 cm³/mol. The van der Waals surface area contributed by atoms with Crippen LogP contribution in [-0.4, -0.2) is 41.0 Å². The summed E-state index contributed by atoms with van der Waals surface area (Å²) in [5.41, 5.74) is 2.86. The minimum atomic E-state index is -0.919. The minimum absolute atomic E-state index is 0.0113. The number of benzene rings is 1. The number of rotatable bonds is 5. The van der Waals surface area contributed by atoms with Gasteiger partial charge in [-0.2, -0.15) is 0 Å². The van der Waals surface area contributed by atoms with Crippen molar-refractivity contribution >= 4 is 17.6 Å². The summed E-state index contributed by atoms with van der Waals surface area (Å²) in [6, 6.07) is 5.06. The molecule has 0 saturated carbocycles. The summed E-state index contributed by atoms with van der Waals surface area (Å²) in [6.45, 7) is 5.44. The Balaban J connectivity index is 2.00. The standard InChI is InChI=1S/C17H24N2O3/c1-12-6-7-14(13(2)10-12)18-16(20)11-15(17(21)22)19-8-4-3-5-9-19/h6-7,10,15H,3-5,8-9,11H2,1-2H3,(H,18,20)(H,21,22). The Kier molecular flexibility index (Phi) is 5.55. The van der Waals surface area contributed by atoms with Gasteiger partial charge in [0.05, 0.1) is 6.42 Å². The number of carbonyl (C=O) groups excluding carboxylic acids is 1. The van der Waals surface area contributed by atoms with Crippen LogP contribution in [0.1, 0.15) is 36.8 Å². The molecule has 2 rings (SSSR count). The van der Waals surface area contributed by atoms with Crippen LogP contribution in [0, 0.1) is 13.8 Å². The molecule has 2 N–H and O–H groups in total. The third kappa shape index (κ3) is 4.31. The maximum Gasteiger partial charge on any atom is 0.321 e. The zero-order valence-corrected chi connectivity index (χ0v) is 13.3. The first-order valence-corrected chi connectivity index (χ1v) is 7.81. The summed E-state index contributed by atoms with van der Waals surface area (Å²) in [4.78, 5) is 25.6. The number of anilines is 1. The van der Waals surface area contributed by atoms with Crippen molar-refractivity contribution in [2.45, 2.75) is 45.6 Å². The van der Waals surface area contributed by atoms with Crippen molar-refractivity contribution in [3.05, 3.63) is 29.3 Å². The van der Waals surface area contributed by atoms with E-state index in [1.807, 2.05) is 36.9 Å². The van der Waals surface area contributed by atoms with Crippen molar-refractivity contribution in [2.24, 2.45) is 0 Å². The molecule has 0 aliphatic carbocycles. The van der Waals surface area contributed by atoms with E-state index < -0.39 is 12.0 Å². The second kappa shape index (κ2) is 7.40. The Bertz CT molecular complexity index is 551. The lowest BCUT2D eigenvalue weighted by atomic mass is 10.1. The fourth-order valence-electron chi connectivity index (χ4n) is 2.93. The maximum atomic E-state index is 12.2. The SMILES string of the molecule is Cc1ccc(NC(=O)CC(C(=O)O)N2CCCCC2)c(C)c1. The molecule has 1 unspecified atom stereocenters. The number of piperidine rings is 1. The number of likely N-dealkylation sites (tertiary alicyclic amines) is 1. The van der Waals surface area contributed by atoms with E-state index in [4.69, 9.17) is 0 Å². The van der Waals surface area contributed by atoms with E-state index >= 15 is 0 Å². The number of aryl methyl sites for hydroxylation is 2. The molecular formula is C17H24N2O3. The summed E-state index contributed by atoms with van der Waals surface area (Å²) in [7, 11) is 0. The average Bonchev–Trinajstić information content (AvgIpc) is 2.48. The number of nitrogens with one attached hydrogen (secondary N) is 1. The zero-order valence-electron chi connectivity index (χ0n) is 13.3. The van der Waals surface area contributed by atoms with Crippen LogP contribution < -0.4 is 5.32 Å². The predicted octanol–water partition coefficient (Wildman–Crippen LogP) is 2.57. The highest BCUT2D eigenvalue weighted by Crippen LogP contribution is 2.18. The van der Waals surface area contributed by atoms with Crippen LogP contribution >= 0.6 is 0 Å². The van der Waals surface area contributed by atoms with Gasteiger partial charge in [0.25, 0.3) is 0 Å². The Morgan fingerprint density at radius 1 is 1.23 bits per heavy atom. The van der Waals surface area contributed by atoms with Crippen molar-refractivity contribution in [1.29, 1.82) is 0 Å². The smallest absolute Gasteiger partial charge is 0.321 e. The van der Waals surface area contributed by atoms with E-state index in [0.717, 1.165) is 49.2 Å². The van der Waals surface area contributed by atoms with Gasteiger partial charge in [0, 0.05) is 5.69 Å². The summed E-state index contributed by atoms with van der Waals surface area (Å²) in [5, 5.41) is 12.2. The lowest BCUT2D eigenvalue weighted by Gasteiger charge is -2.31. The van der Waals surface area contributed by atoms with Gasteiger partial charge in [-0.25, -0.2) is 0 Å². The first-order valence-electron chi connectivity index (χ1n) is 7.81. The number of hydrogen-bond acceptors (Lipinski definition) is 3. The molecule has 1 saturated heterocycles. The Labute approximate surface area is 131 Å². The first kappa shape index (κ1) is 16.5. The van der Waals surface area contributed by atoms with Gasteiger partial charge in [-0.05, 0) is 51.4 Å². The van der Waals surface area contributed by atoms with Crippen molar-refractivity contribution < 1.29 is 14.7 Å². The van der Waals surface area contributed by atoms with E-state index in [2.05, 4.69) is 5.32 Å². The van der Waals surface area contributed by atoms with E-state index in [1.54, 1.807) is 0 Å². The van der Waals surface area contributed by atoms with Gasteiger partial charge in [-0.1, -0.05) is 24.1 Å². The number of amides is 1. The molecule has 1 atom stereocenters. The van der Waals surface area contributed by atoms with Crippen molar-refractivity contribution in [1.82, 2.24) is 4.90 Å². The Morgan fingerprint density at radius 2 is 1.91 bits per heavy atom. The number of nitrogens with zero attached hydrogens (tertiary/aromatic N) is 1. The second-order valence-corrected chi connectivity index (χ2v) is 6.02. The van der Waals surface area contributed by atoms with Crippen LogP contribution in [0.25, 0.3) is 0 Å². The molecule has 1 aliphatic heterocycles. The molecule has 1 amide bonds. The van der Waals surface area contributed by atoms with Crippen LogP contribution in [-0.2, 0) is 9.59 Å². The number of aliphatic carboxylic acids is 1. The number of carboxylic acid groups (broad SMARTS) is 1. The van der Waals surface area contributed by atoms with E-state index in [-0.39, 0.29) is 12.3 Å². The molecule has 0 aromatic heterocycles. The van der Waals surface area contributed by atoms with E-state index in [0.29, 0.717) is 0 Å². The van der Waals surface area contributed by atoms with Gasteiger partial charge in [-0.3, -0.25) is 14.5 Å². The largest absolute Gasteiger partial charge is 0.480 e. The lowest BCUT2D eigenvalue weighted by Crippen LogP contribution is -2.45. The molecule has 1 aliphatic rings. The number of carboxylic acids is 1. The van der Waals surface area contributed by atoms with Crippen molar-refractivity contribution in [3.8, 4) is 0 Å². The van der Waals surface area contributed by atoms with Crippen LogP contribution in [0.4, 0.5) is 5.69 Å². The van der Waals surface area contributed by atoms with Gasteiger partial charge < -0.3 is 10.4 Å². The number of carbonyl (C=O) groups is 2. The highest BCUT2D eigenvalue weighted by molar-refractivity contribution is 5.94. The summed E-state index contributed by atoms with van der Waals surface area (Å²) in [5.74, 6) is -1.16. The van der Waals surface area contributed by atoms with Crippen molar-refractivity contribution in [2.75, 3.05) is 18.4 Å². The minimum Gasteiger partial charge on any atom is -0.480 e. The summed E-state index contributed by atoms with van der Waals surface area (Å²) in [6.07, 6.45) is 3.13. The monoisotopic (exact) mass is 304 g/mol. The van der Waals surface area contributed by atoms with Crippen LogP contribution in [0.2, 0.25) is 0 Å². The summed E-state index contributed by atoms with van der Waals surface area (Å²) < 4.78 is 0. The molecular weight excluding hydrogens is 280 g/mol. The molecule has 22 heavy (non-hydrogen) atoms. The normalized spacial score (nSPS) is 17.0. The molecule has 1 heterocycles. The van der Waals surface area contributed by atoms with Crippen molar-refractivity contribution in [3.63, 3.8) is 0 Å². The summed E-state index contributed by atoms with van der Waals surface area (Å²) >= 11 is 0. The fourth-order valence-corrected chi connectivity index (χ4v) is 2.93. The third-order valence-corrected chi connectivity index (χ3v) is 4.15. The van der Waals surface area contributed by atoms with Gasteiger partial charge in [0.1, 0.15) is 6.04 Å². The molecule has 120 valence electrons. The van der Waals surface area contributed by atoms with Gasteiger partial charge in [0.15, 0.2) is 0 Å². The van der Waals surface area contributed by atoms with Crippen LogP contribution in [0.3, 0.4) is 0 Å². The molecule has 0 spiro atoms. The molecule has 0 bridgehead atoms. The molecule has 1 aromatic rings. The van der Waals surface area contributed by atoms with Gasteiger partial charge >= 0.3 is 5.97 Å². The topological polar surface area (TPSA) is 69.6 Å². The highest BCUT2D eigenvalue weighted by atomic mass is 16.4. The molecule has 1 fully saturated rings. The van der Waals surface area contributed by atoms with E-state index in [9.17, 15) is 14.7 Å². The Hall–Kier alpha value is -1.88. The Morgan fingerprint density at radius 3 is 2.50 bits per heavy atom. The maximum absolute atomic E-state index is 12.2. The molecule has 0 radical (unpaired) electrons. The lowest BCUT2D eigenvalue weighted by molar-refractivity contribution is -0.145. The van der Waals surface area contributed by atoms with Gasteiger partial charge in [-0.15, -0.1) is 0 Å². The molecule has 1 aromatic carbocycles. The average molecular weight is 304 g/mol. The molecule has 5 heteroatoms. The fraction of sp³-hybridized carbons (Fsp3) is 0.529. The van der Waals surface area contributed by atoms with Crippen LogP contribution in [0.15, 0.2) is 18.2 Å². The first-order chi connectivity index (χ1) is 10.5. The third-order valence-electron chi connectivity index (χ3n) is 4.15. The van der Waals surface area contributed by atoms with Gasteiger partial charge in [0.2, 0.25) is 5.91 Å². The number of hydrogen-bond donors (Lipinski definition) is 2. The zero-order chi connectivity index (χ0) is 16.1.